The van der Waals surface area contributed by atoms with E-state index in [4.69, 9.17) is 9.47 Å². The summed E-state index contributed by atoms with van der Waals surface area (Å²) in [6, 6.07) is 0. The van der Waals surface area contributed by atoms with Gasteiger partial charge in [-0.05, 0) is 57.1 Å². The van der Waals surface area contributed by atoms with Crippen molar-refractivity contribution >= 4 is 5.91 Å². The normalized spacial score (nSPS) is 35.3. The molecule has 1 saturated heterocycles. The molecule has 0 aromatic carbocycles. The maximum atomic E-state index is 13.5. The maximum absolute atomic E-state index is 13.5. The number of likely N-dealkylation sites (tertiary alicyclic amines) is 1. The Balaban J connectivity index is 1.48. The van der Waals surface area contributed by atoms with Crippen LogP contribution in [0.15, 0.2) is 59.4 Å². The van der Waals surface area contributed by atoms with Crippen molar-refractivity contribution in [1.82, 2.24) is 9.80 Å². The second kappa shape index (κ2) is 10.5. The van der Waals surface area contributed by atoms with Crippen molar-refractivity contribution in [3.63, 3.8) is 0 Å². The minimum Gasteiger partial charge on any atom is -0.385 e. The minimum absolute atomic E-state index is 0.0287. The molecule has 6 nitrogen and oxygen atoms in total. The molecule has 6 unspecified atom stereocenters. The molecule has 1 fully saturated rings. The first-order valence-corrected chi connectivity index (χ1v) is 13.0. The van der Waals surface area contributed by atoms with Crippen molar-refractivity contribution < 1.29 is 19.4 Å². The molecule has 6 atom stereocenters. The fourth-order valence-electron chi connectivity index (χ4n) is 5.98. The summed E-state index contributed by atoms with van der Waals surface area (Å²) in [4.78, 5) is 17.7. The summed E-state index contributed by atoms with van der Waals surface area (Å²) in [5.74, 6) is 0.938. The summed E-state index contributed by atoms with van der Waals surface area (Å²) in [7, 11) is 3.77. The van der Waals surface area contributed by atoms with E-state index in [2.05, 4.69) is 24.9 Å². The van der Waals surface area contributed by atoms with Gasteiger partial charge in [-0.2, -0.15) is 0 Å². The smallest absolute Gasteiger partial charge is 0.253 e. The van der Waals surface area contributed by atoms with Crippen LogP contribution in [0.2, 0.25) is 0 Å². The number of ether oxygens (including phenoxy) is 2. The maximum Gasteiger partial charge on any atom is 0.253 e. The lowest BCUT2D eigenvalue weighted by Crippen LogP contribution is -2.47. The SMILES string of the molecule is COC1C=C(C(=O)N2CCC(C)C(C3=C(C4C=CC=CC4(C)O)N(C)C3)CC2)C=CC1OC(C)C. The van der Waals surface area contributed by atoms with Gasteiger partial charge in [0.2, 0.25) is 0 Å². The highest BCUT2D eigenvalue weighted by molar-refractivity contribution is 5.96. The van der Waals surface area contributed by atoms with Crippen LogP contribution in [0.4, 0.5) is 0 Å². The molecule has 2 aliphatic carbocycles. The number of carbonyl (C=O) groups excluding carboxylic acids is 1. The van der Waals surface area contributed by atoms with E-state index in [-0.39, 0.29) is 30.1 Å². The Morgan fingerprint density at radius 2 is 1.91 bits per heavy atom. The first kappa shape index (κ1) is 25.9. The average molecular weight is 483 g/mol. The molecule has 0 aromatic rings. The van der Waals surface area contributed by atoms with Crippen LogP contribution < -0.4 is 0 Å². The summed E-state index contributed by atoms with van der Waals surface area (Å²) in [6.45, 7) is 10.6. The van der Waals surface area contributed by atoms with Crippen LogP contribution in [0.5, 0.6) is 0 Å². The third-order valence-corrected chi connectivity index (χ3v) is 7.99. The Morgan fingerprint density at radius 3 is 2.57 bits per heavy atom. The standard InChI is InChI=1S/C29H42N2O4/c1-19(2)35-25-11-10-21(17-26(25)34-6)28(32)31-15-12-20(3)22(13-16-31)23-18-30(5)27(23)24-9-7-8-14-29(24,4)33/h7-11,14,17,19-20,22,24-26,33H,12-13,15-16,18H2,1-6H3. The second-order valence-corrected chi connectivity index (χ2v) is 11.0. The van der Waals surface area contributed by atoms with Crippen LogP contribution in [0.1, 0.15) is 40.5 Å². The van der Waals surface area contributed by atoms with Gasteiger partial charge < -0.3 is 24.4 Å². The van der Waals surface area contributed by atoms with Gasteiger partial charge in [-0.3, -0.25) is 4.79 Å². The first-order valence-electron chi connectivity index (χ1n) is 13.0. The Kier molecular flexibility index (Phi) is 7.74. The lowest BCUT2D eigenvalue weighted by molar-refractivity contribution is -0.127. The molecule has 35 heavy (non-hydrogen) atoms. The number of methoxy groups -OCH3 is 1. The quantitative estimate of drug-likeness (QED) is 0.623. The van der Waals surface area contributed by atoms with Crippen molar-refractivity contribution in [1.29, 1.82) is 0 Å². The monoisotopic (exact) mass is 482 g/mol. The number of hydrogen-bond acceptors (Lipinski definition) is 5. The number of nitrogens with zero attached hydrogens (tertiary/aromatic N) is 2. The van der Waals surface area contributed by atoms with Crippen LogP contribution in [0.25, 0.3) is 0 Å². The molecule has 0 saturated carbocycles. The third-order valence-electron chi connectivity index (χ3n) is 7.99. The van der Waals surface area contributed by atoms with Gasteiger partial charge in [0.25, 0.3) is 5.91 Å². The summed E-state index contributed by atoms with van der Waals surface area (Å²) < 4.78 is 11.5. The Morgan fingerprint density at radius 1 is 1.17 bits per heavy atom. The van der Waals surface area contributed by atoms with E-state index in [1.807, 2.05) is 62.1 Å². The Bertz CT molecular complexity index is 958. The van der Waals surface area contributed by atoms with Gasteiger partial charge in [-0.25, -0.2) is 0 Å². The Labute approximate surface area is 210 Å². The number of allylic oxidation sites excluding steroid dienone is 2. The lowest BCUT2D eigenvalue weighted by Gasteiger charge is -2.47. The average Bonchev–Trinajstić information content (AvgIpc) is 2.99. The van der Waals surface area contributed by atoms with E-state index in [0.29, 0.717) is 17.4 Å². The third kappa shape index (κ3) is 5.35. The van der Waals surface area contributed by atoms with Gasteiger partial charge in [0.1, 0.15) is 12.2 Å². The molecule has 0 spiro atoms. The summed E-state index contributed by atoms with van der Waals surface area (Å²) in [5.41, 5.74) is 2.51. The van der Waals surface area contributed by atoms with Gasteiger partial charge in [0, 0.05) is 51.0 Å². The second-order valence-electron chi connectivity index (χ2n) is 11.0. The van der Waals surface area contributed by atoms with Crippen LogP contribution in [0.3, 0.4) is 0 Å². The van der Waals surface area contributed by atoms with E-state index >= 15 is 0 Å². The number of carbonyl (C=O) groups is 1. The predicted molar refractivity (Wildman–Crippen MR) is 139 cm³/mol. The summed E-state index contributed by atoms with van der Waals surface area (Å²) in [6.07, 6.45) is 15.3. The molecule has 6 heteroatoms. The van der Waals surface area contributed by atoms with Crippen LogP contribution in [-0.4, -0.2) is 78.5 Å². The molecule has 4 rings (SSSR count). The van der Waals surface area contributed by atoms with Gasteiger partial charge in [0.15, 0.2) is 0 Å². The summed E-state index contributed by atoms with van der Waals surface area (Å²) in [5, 5.41) is 11.0. The van der Waals surface area contributed by atoms with Gasteiger partial charge in [-0.15, -0.1) is 0 Å². The largest absolute Gasteiger partial charge is 0.385 e. The van der Waals surface area contributed by atoms with E-state index in [1.165, 1.54) is 11.3 Å². The van der Waals surface area contributed by atoms with Crippen molar-refractivity contribution in [3.8, 4) is 0 Å². The zero-order valence-corrected chi connectivity index (χ0v) is 22.1. The highest BCUT2D eigenvalue weighted by atomic mass is 16.5. The minimum atomic E-state index is -0.880. The highest BCUT2D eigenvalue weighted by Crippen LogP contribution is 2.44. The molecular formula is C29H42N2O4. The van der Waals surface area contributed by atoms with E-state index in [9.17, 15) is 9.90 Å². The van der Waals surface area contributed by atoms with Gasteiger partial charge >= 0.3 is 0 Å². The van der Waals surface area contributed by atoms with Crippen LogP contribution in [0, 0.1) is 17.8 Å². The molecule has 0 aromatic heterocycles. The molecule has 4 aliphatic rings. The molecular weight excluding hydrogens is 440 g/mol. The van der Waals surface area contributed by atoms with E-state index in [1.54, 1.807) is 7.11 Å². The van der Waals surface area contributed by atoms with Crippen molar-refractivity contribution in [2.24, 2.45) is 17.8 Å². The van der Waals surface area contributed by atoms with Crippen LogP contribution >= 0.6 is 0 Å². The van der Waals surface area contributed by atoms with Crippen molar-refractivity contribution in [2.75, 3.05) is 33.8 Å². The number of rotatable bonds is 6. The van der Waals surface area contributed by atoms with E-state index < -0.39 is 5.60 Å². The molecule has 0 bridgehead atoms. The first-order chi connectivity index (χ1) is 16.6. The molecule has 0 radical (unpaired) electrons. The van der Waals surface area contributed by atoms with Crippen molar-refractivity contribution in [2.45, 2.75) is 64.4 Å². The fraction of sp³-hybridized carbons (Fsp3) is 0.621. The molecule has 1 amide bonds. The van der Waals surface area contributed by atoms with Gasteiger partial charge in [-0.1, -0.05) is 43.4 Å². The highest BCUT2D eigenvalue weighted by Gasteiger charge is 2.42. The molecule has 2 aliphatic heterocycles. The van der Waals surface area contributed by atoms with Gasteiger partial charge in [0.05, 0.1) is 11.7 Å². The van der Waals surface area contributed by atoms with Crippen molar-refractivity contribution in [3.05, 3.63) is 59.4 Å². The fourth-order valence-corrected chi connectivity index (χ4v) is 5.98. The number of aliphatic hydroxyl groups is 1. The number of amides is 1. The lowest BCUT2D eigenvalue weighted by atomic mass is 9.72. The number of likely N-dealkylation sites (N-methyl/N-ethyl adjacent to an activating group) is 1. The number of hydrogen-bond donors (Lipinski definition) is 1. The topological polar surface area (TPSA) is 62.2 Å². The molecule has 1 N–H and O–H groups in total. The summed E-state index contributed by atoms with van der Waals surface area (Å²) >= 11 is 0. The predicted octanol–water partition coefficient (Wildman–Crippen LogP) is 3.86. The van der Waals surface area contributed by atoms with E-state index in [0.717, 1.165) is 32.5 Å². The zero-order chi connectivity index (χ0) is 25.3. The van der Waals surface area contributed by atoms with Crippen LogP contribution in [-0.2, 0) is 14.3 Å². The molecule has 2 heterocycles. The Hall–Kier alpha value is -2.15. The zero-order valence-electron chi connectivity index (χ0n) is 22.1. The molecule has 192 valence electrons.